The van der Waals surface area contributed by atoms with Crippen LogP contribution in [0.3, 0.4) is 0 Å². The lowest BCUT2D eigenvalue weighted by molar-refractivity contribution is 0.455. The smallest absolute Gasteiger partial charge is 0.224 e. The number of aromatic nitrogens is 1. The quantitative estimate of drug-likeness (QED) is 0.619. The standard InChI is InChI=1S/C17H13ClFNO/c1-11-6-7-14(9-15(11)19)21-17-13(10-18)8-12-4-2-3-5-16(12)20-17/h2-9H,10H2,1H3. The molecule has 0 aliphatic rings. The highest BCUT2D eigenvalue weighted by atomic mass is 35.5. The van der Waals surface area contributed by atoms with Gasteiger partial charge in [-0.15, -0.1) is 11.6 Å². The number of hydrogen-bond donors (Lipinski definition) is 0. The summed E-state index contributed by atoms with van der Waals surface area (Å²) in [6.45, 7) is 1.71. The average Bonchev–Trinajstić information content (AvgIpc) is 2.50. The number of pyridine rings is 1. The minimum absolute atomic E-state index is 0.279. The summed E-state index contributed by atoms with van der Waals surface area (Å²) in [5.41, 5.74) is 2.16. The third kappa shape index (κ3) is 2.83. The van der Waals surface area contributed by atoms with Crippen LogP contribution in [0, 0.1) is 12.7 Å². The molecule has 0 bridgehead atoms. The van der Waals surface area contributed by atoms with Crippen LogP contribution in [0.2, 0.25) is 0 Å². The number of halogens is 2. The second-order valence-corrected chi connectivity index (χ2v) is 5.06. The number of hydrogen-bond acceptors (Lipinski definition) is 2. The van der Waals surface area contributed by atoms with Crippen molar-refractivity contribution in [2.45, 2.75) is 12.8 Å². The van der Waals surface area contributed by atoms with Crippen molar-refractivity contribution in [3.8, 4) is 11.6 Å². The number of ether oxygens (including phenoxy) is 1. The topological polar surface area (TPSA) is 22.1 Å². The molecule has 0 fully saturated rings. The van der Waals surface area contributed by atoms with Crippen molar-refractivity contribution in [2.24, 2.45) is 0 Å². The highest BCUT2D eigenvalue weighted by Gasteiger charge is 2.09. The summed E-state index contributed by atoms with van der Waals surface area (Å²) in [4.78, 5) is 4.46. The van der Waals surface area contributed by atoms with E-state index in [0.717, 1.165) is 16.5 Å². The van der Waals surface area contributed by atoms with Crippen molar-refractivity contribution < 1.29 is 9.13 Å². The molecule has 4 heteroatoms. The number of nitrogens with zero attached hydrogens (tertiary/aromatic N) is 1. The molecule has 0 amide bonds. The van der Waals surface area contributed by atoms with Gasteiger partial charge in [-0.3, -0.25) is 0 Å². The monoisotopic (exact) mass is 301 g/mol. The van der Waals surface area contributed by atoms with Gasteiger partial charge in [0, 0.05) is 17.0 Å². The molecule has 0 unspecified atom stereocenters. The van der Waals surface area contributed by atoms with Gasteiger partial charge in [-0.25, -0.2) is 9.37 Å². The Morgan fingerprint density at radius 1 is 1.14 bits per heavy atom. The van der Waals surface area contributed by atoms with E-state index in [-0.39, 0.29) is 11.7 Å². The Hall–Kier alpha value is -2.13. The number of para-hydroxylation sites is 1. The van der Waals surface area contributed by atoms with Crippen LogP contribution in [0.25, 0.3) is 10.9 Å². The lowest BCUT2D eigenvalue weighted by Gasteiger charge is -2.10. The summed E-state index contributed by atoms with van der Waals surface area (Å²) in [7, 11) is 0. The van der Waals surface area contributed by atoms with Crippen molar-refractivity contribution in [1.82, 2.24) is 4.98 Å². The summed E-state index contributed by atoms with van der Waals surface area (Å²) >= 11 is 5.96. The molecular weight excluding hydrogens is 289 g/mol. The van der Waals surface area contributed by atoms with E-state index in [1.165, 1.54) is 6.07 Å². The van der Waals surface area contributed by atoms with E-state index in [9.17, 15) is 4.39 Å². The zero-order valence-electron chi connectivity index (χ0n) is 11.4. The van der Waals surface area contributed by atoms with Gasteiger partial charge in [0.15, 0.2) is 0 Å². The third-order valence-corrected chi connectivity index (χ3v) is 3.55. The van der Waals surface area contributed by atoms with Gasteiger partial charge >= 0.3 is 0 Å². The number of benzene rings is 2. The summed E-state index contributed by atoms with van der Waals surface area (Å²) in [6, 6.07) is 14.4. The normalized spacial score (nSPS) is 10.8. The maximum atomic E-state index is 13.6. The Morgan fingerprint density at radius 2 is 1.95 bits per heavy atom. The van der Waals surface area contributed by atoms with Crippen molar-refractivity contribution in [3.63, 3.8) is 0 Å². The van der Waals surface area contributed by atoms with Crippen molar-refractivity contribution >= 4 is 22.5 Å². The van der Waals surface area contributed by atoms with Crippen molar-refractivity contribution in [3.05, 3.63) is 65.5 Å². The van der Waals surface area contributed by atoms with Gasteiger partial charge in [-0.2, -0.15) is 0 Å². The Bertz CT molecular complexity index is 804. The third-order valence-electron chi connectivity index (χ3n) is 3.26. The highest BCUT2D eigenvalue weighted by Crippen LogP contribution is 2.28. The Morgan fingerprint density at radius 3 is 2.71 bits per heavy atom. The van der Waals surface area contributed by atoms with Crippen LogP contribution < -0.4 is 4.74 Å². The molecule has 1 aromatic heterocycles. The number of rotatable bonds is 3. The first kappa shape index (κ1) is 13.8. The Kier molecular flexibility index (Phi) is 3.76. The summed E-state index contributed by atoms with van der Waals surface area (Å²) in [5.74, 6) is 0.793. The fraction of sp³-hybridized carbons (Fsp3) is 0.118. The second-order valence-electron chi connectivity index (χ2n) is 4.79. The van der Waals surface area contributed by atoms with Crippen LogP contribution in [0.15, 0.2) is 48.5 Å². The lowest BCUT2D eigenvalue weighted by atomic mass is 10.1. The van der Waals surface area contributed by atoms with Gasteiger partial charge in [0.05, 0.1) is 11.4 Å². The molecule has 3 aromatic rings. The molecule has 0 spiro atoms. The first-order valence-corrected chi connectivity index (χ1v) is 7.09. The van der Waals surface area contributed by atoms with Crippen LogP contribution in [0.4, 0.5) is 4.39 Å². The number of alkyl halides is 1. The number of aryl methyl sites for hydroxylation is 1. The molecule has 2 nitrogen and oxygen atoms in total. The first-order chi connectivity index (χ1) is 10.2. The molecule has 0 radical (unpaired) electrons. The van der Waals surface area contributed by atoms with E-state index in [2.05, 4.69) is 4.98 Å². The van der Waals surface area contributed by atoms with Gasteiger partial charge < -0.3 is 4.74 Å². The van der Waals surface area contributed by atoms with Crippen LogP contribution in [0.5, 0.6) is 11.6 Å². The zero-order valence-corrected chi connectivity index (χ0v) is 12.2. The van der Waals surface area contributed by atoms with E-state index < -0.39 is 0 Å². The first-order valence-electron chi connectivity index (χ1n) is 6.56. The molecule has 1 heterocycles. The van der Waals surface area contributed by atoms with E-state index in [4.69, 9.17) is 16.3 Å². The molecule has 21 heavy (non-hydrogen) atoms. The van der Waals surface area contributed by atoms with Crippen LogP contribution in [-0.2, 0) is 5.88 Å². The molecule has 0 saturated heterocycles. The molecule has 0 aliphatic heterocycles. The van der Waals surface area contributed by atoms with Crippen molar-refractivity contribution in [1.29, 1.82) is 0 Å². The van der Waals surface area contributed by atoms with E-state index in [1.807, 2.05) is 30.3 Å². The predicted molar refractivity (Wildman–Crippen MR) is 82.5 cm³/mol. The molecule has 0 N–H and O–H groups in total. The maximum Gasteiger partial charge on any atom is 0.224 e. The molecule has 0 aliphatic carbocycles. The minimum atomic E-state index is -0.305. The van der Waals surface area contributed by atoms with E-state index >= 15 is 0 Å². The molecule has 0 saturated carbocycles. The highest BCUT2D eigenvalue weighted by molar-refractivity contribution is 6.17. The van der Waals surface area contributed by atoms with Crippen molar-refractivity contribution in [2.75, 3.05) is 0 Å². The maximum absolute atomic E-state index is 13.6. The van der Waals surface area contributed by atoms with Crippen LogP contribution >= 0.6 is 11.6 Å². The molecule has 106 valence electrons. The van der Waals surface area contributed by atoms with Crippen LogP contribution in [0.1, 0.15) is 11.1 Å². The fourth-order valence-corrected chi connectivity index (χ4v) is 2.27. The van der Waals surface area contributed by atoms with Gasteiger partial charge in [-0.05, 0) is 30.7 Å². The Labute approximate surface area is 127 Å². The average molecular weight is 302 g/mol. The molecule has 0 atom stereocenters. The second kappa shape index (κ2) is 5.70. The lowest BCUT2D eigenvalue weighted by Crippen LogP contribution is -1.95. The van der Waals surface area contributed by atoms with E-state index in [0.29, 0.717) is 17.2 Å². The van der Waals surface area contributed by atoms with E-state index in [1.54, 1.807) is 19.1 Å². The summed E-state index contributed by atoms with van der Waals surface area (Å²) in [5, 5.41) is 0.996. The van der Waals surface area contributed by atoms with Gasteiger partial charge in [0.2, 0.25) is 5.88 Å². The minimum Gasteiger partial charge on any atom is -0.439 e. The van der Waals surface area contributed by atoms with Gasteiger partial charge in [0.25, 0.3) is 0 Å². The van der Waals surface area contributed by atoms with Gasteiger partial charge in [-0.1, -0.05) is 24.3 Å². The fourth-order valence-electron chi connectivity index (χ4n) is 2.07. The molecular formula is C17H13ClFNO. The zero-order chi connectivity index (χ0) is 14.8. The molecule has 3 rings (SSSR count). The van der Waals surface area contributed by atoms with Crippen LogP contribution in [-0.4, -0.2) is 4.98 Å². The summed E-state index contributed by atoms with van der Waals surface area (Å²) < 4.78 is 19.3. The SMILES string of the molecule is Cc1ccc(Oc2nc3ccccc3cc2CCl)cc1F. The van der Waals surface area contributed by atoms with Gasteiger partial charge in [0.1, 0.15) is 11.6 Å². The summed E-state index contributed by atoms with van der Waals surface area (Å²) in [6.07, 6.45) is 0. The number of fused-ring (bicyclic) bond motifs is 1. The Balaban J connectivity index is 2.04. The largest absolute Gasteiger partial charge is 0.439 e. The molecule has 2 aromatic carbocycles. The predicted octanol–water partition coefficient (Wildman–Crippen LogP) is 5.21.